The van der Waals surface area contributed by atoms with E-state index in [2.05, 4.69) is 25.7 Å². The molecular formula is C15H22N6OS. The fourth-order valence-electron chi connectivity index (χ4n) is 2.72. The molecule has 2 aromatic heterocycles. The number of nitrogens with one attached hydrogen (secondary N) is 2. The molecule has 0 aromatic carbocycles. The molecule has 1 atom stereocenters. The molecule has 1 aliphatic carbocycles. The zero-order valence-corrected chi connectivity index (χ0v) is 14.1. The van der Waals surface area contributed by atoms with Crippen LogP contribution in [0.2, 0.25) is 0 Å². The summed E-state index contributed by atoms with van der Waals surface area (Å²) in [7, 11) is 0. The van der Waals surface area contributed by atoms with Gasteiger partial charge in [0, 0.05) is 23.9 Å². The number of thiazole rings is 1. The molecule has 0 radical (unpaired) electrons. The summed E-state index contributed by atoms with van der Waals surface area (Å²) in [6.07, 6.45) is 8.73. The van der Waals surface area contributed by atoms with E-state index in [0.717, 1.165) is 17.8 Å². The molecular weight excluding hydrogens is 312 g/mol. The highest BCUT2D eigenvalue weighted by Gasteiger charge is 2.15. The van der Waals surface area contributed by atoms with E-state index in [4.69, 9.17) is 0 Å². The Morgan fingerprint density at radius 1 is 1.43 bits per heavy atom. The zero-order valence-electron chi connectivity index (χ0n) is 13.3. The average Bonchev–Trinajstić information content (AvgIpc) is 3.15. The monoisotopic (exact) mass is 334 g/mol. The van der Waals surface area contributed by atoms with Crippen LogP contribution in [0.15, 0.2) is 12.7 Å². The van der Waals surface area contributed by atoms with E-state index >= 15 is 0 Å². The lowest BCUT2D eigenvalue weighted by atomic mass is 10.0. The van der Waals surface area contributed by atoms with Gasteiger partial charge in [0.05, 0.1) is 17.2 Å². The molecule has 2 N–H and O–H groups in total. The summed E-state index contributed by atoms with van der Waals surface area (Å²) in [6.45, 7) is 3.15. The van der Waals surface area contributed by atoms with Crippen molar-refractivity contribution in [2.24, 2.45) is 0 Å². The second-order valence-corrected chi connectivity index (χ2v) is 7.02. The Morgan fingerprint density at radius 2 is 2.30 bits per heavy atom. The van der Waals surface area contributed by atoms with Crippen molar-refractivity contribution in [3.8, 4) is 0 Å². The van der Waals surface area contributed by atoms with E-state index in [1.165, 1.54) is 36.2 Å². The summed E-state index contributed by atoms with van der Waals surface area (Å²) in [4.78, 5) is 21.9. The summed E-state index contributed by atoms with van der Waals surface area (Å²) >= 11 is 1.80. The third-order valence-corrected chi connectivity index (χ3v) is 5.04. The van der Waals surface area contributed by atoms with Crippen molar-refractivity contribution < 1.29 is 4.79 Å². The Bertz CT molecular complexity index is 615. The van der Waals surface area contributed by atoms with Crippen molar-refractivity contribution in [3.63, 3.8) is 0 Å². The number of amides is 2. The summed E-state index contributed by atoms with van der Waals surface area (Å²) in [5.41, 5.74) is 1.28. The first-order valence-corrected chi connectivity index (χ1v) is 8.86. The van der Waals surface area contributed by atoms with Crippen LogP contribution in [-0.2, 0) is 25.8 Å². The quantitative estimate of drug-likeness (QED) is 0.839. The first kappa shape index (κ1) is 15.9. The molecule has 0 aliphatic heterocycles. The molecule has 0 spiro atoms. The van der Waals surface area contributed by atoms with Gasteiger partial charge in [0.25, 0.3) is 0 Å². The van der Waals surface area contributed by atoms with Gasteiger partial charge in [0.2, 0.25) is 0 Å². The molecule has 0 unspecified atom stereocenters. The number of nitrogens with zero attached hydrogens (tertiary/aromatic N) is 4. The topological polar surface area (TPSA) is 84.7 Å². The maximum atomic E-state index is 11.9. The predicted molar refractivity (Wildman–Crippen MR) is 88.5 cm³/mol. The summed E-state index contributed by atoms with van der Waals surface area (Å²) in [5.74, 6) is 0. The lowest BCUT2D eigenvalue weighted by Crippen LogP contribution is -2.43. The molecule has 0 bridgehead atoms. The van der Waals surface area contributed by atoms with Crippen LogP contribution in [0.4, 0.5) is 4.79 Å². The molecule has 1 aliphatic rings. The summed E-state index contributed by atoms with van der Waals surface area (Å²) in [6, 6.07) is -0.164. The molecule has 0 saturated heterocycles. The van der Waals surface area contributed by atoms with Gasteiger partial charge in [0.1, 0.15) is 12.7 Å². The highest BCUT2D eigenvalue weighted by molar-refractivity contribution is 7.11. The van der Waals surface area contributed by atoms with Crippen LogP contribution in [0.1, 0.15) is 35.3 Å². The number of fused-ring (bicyclic) bond motifs is 1. The van der Waals surface area contributed by atoms with E-state index in [-0.39, 0.29) is 12.1 Å². The highest BCUT2D eigenvalue weighted by Crippen LogP contribution is 2.26. The molecule has 7 nitrogen and oxygen atoms in total. The Balaban J connectivity index is 1.38. The average molecular weight is 334 g/mol. The minimum absolute atomic E-state index is 0.0103. The predicted octanol–water partition coefficient (Wildman–Crippen LogP) is 1.54. The van der Waals surface area contributed by atoms with Crippen LogP contribution in [0.3, 0.4) is 0 Å². The van der Waals surface area contributed by atoms with Gasteiger partial charge in [-0.05, 0) is 32.6 Å². The Kier molecular flexibility index (Phi) is 5.22. The molecule has 0 saturated carbocycles. The van der Waals surface area contributed by atoms with Crippen LogP contribution in [0.25, 0.3) is 0 Å². The number of hydrogen-bond donors (Lipinski definition) is 2. The lowest BCUT2D eigenvalue weighted by molar-refractivity contribution is 0.236. The first-order valence-electron chi connectivity index (χ1n) is 8.05. The van der Waals surface area contributed by atoms with Crippen LogP contribution in [-0.4, -0.2) is 38.4 Å². The highest BCUT2D eigenvalue weighted by atomic mass is 32.1. The van der Waals surface area contributed by atoms with Crippen molar-refractivity contribution in [3.05, 3.63) is 28.2 Å². The Labute approximate surface area is 139 Å². The van der Waals surface area contributed by atoms with Gasteiger partial charge in [-0.1, -0.05) is 0 Å². The second-order valence-electron chi connectivity index (χ2n) is 5.85. The van der Waals surface area contributed by atoms with Gasteiger partial charge in [-0.2, -0.15) is 5.10 Å². The zero-order chi connectivity index (χ0) is 16.1. The van der Waals surface area contributed by atoms with Gasteiger partial charge < -0.3 is 10.6 Å². The molecule has 2 heterocycles. The molecule has 2 aromatic rings. The smallest absolute Gasteiger partial charge is 0.315 e. The minimum atomic E-state index is -0.154. The normalized spacial score (nSPS) is 15.0. The van der Waals surface area contributed by atoms with Crippen LogP contribution >= 0.6 is 11.3 Å². The van der Waals surface area contributed by atoms with E-state index in [0.29, 0.717) is 13.1 Å². The third-order valence-electron chi connectivity index (χ3n) is 3.82. The molecule has 124 valence electrons. The third kappa shape index (κ3) is 4.51. The maximum Gasteiger partial charge on any atom is 0.315 e. The molecule has 23 heavy (non-hydrogen) atoms. The first-order chi connectivity index (χ1) is 11.2. The maximum absolute atomic E-state index is 11.9. The minimum Gasteiger partial charge on any atom is -0.338 e. The molecule has 0 fully saturated rings. The van der Waals surface area contributed by atoms with Gasteiger partial charge in [-0.15, -0.1) is 11.3 Å². The summed E-state index contributed by atoms with van der Waals surface area (Å²) in [5, 5.41) is 10.9. The number of aromatic nitrogens is 4. The SMILES string of the molecule is C[C@@H](Cn1cncn1)NC(=O)NCCc1nc2c(s1)CCCC2. The van der Waals surface area contributed by atoms with Gasteiger partial charge in [-0.3, -0.25) is 4.68 Å². The number of aryl methyl sites for hydroxylation is 2. The fourth-order valence-corrected chi connectivity index (χ4v) is 3.88. The number of urea groups is 1. The van der Waals surface area contributed by atoms with Gasteiger partial charge in [-0.25, -0.2) is 14.8 Å². The number of rotatable bonds is 6. The largest absolute Gasteiger partial charge is 0.338 e. The van der Waals surface area contributed by atoms with E-state index in [1.807, 2.05) is 6.92 Å². The molecule has 2 amide bonds. The fraction of sp³-hybridized carbons (Fsp3) is 0.600. The van der Waals surface area contributed by atoms with Crippen molar-refractivity contribution in [2.75, 3.05) is 6.54 Å². The number of hydrogen-bond acceptors (Lipinski definition) is 5. The summed E-state index contributed by atoms with van der Waals surface area (Å²) < 4.78 is 1.70. The van der Waals surface area contributed by atoms with Gasteiger partial charge >= 0.3 is 6.03 Å². The van der Waals surface area contributed by atoms with Crippen molar-refractivity contribution in [2.45, 2.75) is 51.6 Å². The number of carbonyl (C=O) groups is 1. The van der Waals surface area contributed by atoms with E-state index < -0.39 is 0 Å². The standard InChI is InChI=1S/C15H22N6OS/c1-11(8-21-10-16-9-18-21)19-15(22)17-7-6-14-20-12-4-2-3-5-13(12)23-14/h9-11H,2-8H2,1H3,(H2,17,19,22)/t11-/m0/s1. The molecule has 8 heteroatoms. The van der Waals surface area contributed by atoms with E-state index in [9.17, 15) is 4.79 Å². The number of carbonyl (C=O) groups excluding carboxylic acids is 1. The van der Waals surface area contributed by atoms with Crippen molar-refractivity contribution in [1.82, 2.24) is 30.4 Å². The van der Waals surface area contributed by atoms with Crippen LogP contribution in [0.5, 0.6) is 0 Å². The van der Waals surface area contributed by atoms with Crippen LogP contribution in [0, 0.1) is 0 Å². The van der Waals surface area contributed by atoms with Gasteiger partial charge in [0.15, 0.2) is 0 Å². The van der Waals surface area contributed by atoms with E-state index in [1.54, 1.807) is 22.3 Å². The molecule has 3 rings (SSSR count). The van der Waals surface area contributed by atoms with Crippen molar-refractivity contribution >= 4 is 17.4 Å². The lowest BCUT2D eigenvalue weighted by Gasteiger charge is -2.14. The van der Waals surface area contributed by atoms with Crippen LogP contribution < -0.4 is 10.6 Å². The Hall–Kier alpha value is -1.96. The van der Waals surface area contributed by atoms with Crippen molar-refractivity contribution in [1.29, 1.82) is 0 Å². The Morgan fingerprint density at radius 3 is 3.09 bits per heavy atom. The second kappa shape index (κ2) is 7.54.